The summed E-state index contributed by atoms with van der Waals surface area (Å²) in [4.78, 5) is 1.41. The summed E-state index contributed by atoms with van der Waals surface area (Å²) in [7, 11) is 0. The Kier molecular flexibility index (Phi) is 2.91. The van der Waals surface area contributed by atoms with Gasteiger partial charge in [-0.25, -0.2) is 0 Å². The first-order valence-electron chi connectivity index (χ1n) is 5.04. The highest BCUT2D eigenvalue weighted by Gasteiger charge is 2.33. The highest BCUT2D eigenvalue weighted by molar-refractivity contribution is 7.10. The number of rotatable bonds is 4. The molecule has 3 heteroatoms. The maximum absolute atomic E-state index is 5.22. The molecule has 0 amide bonds. The van der Waals surface area contributed by atoms with E-state index in [4.69, 9.17) is 4.74 Å². The number of nitrogens with one attached hydrogen (secondary N) is 1. The van der Waals surface area contributed by atoms with Gasteiger partial charge in [0.25, 0.3) is 0 Å². The smallest absolute Gasteiger partial charge is 0.0554 e. The minimum Gasteiger partial charge on any atom is -0.380 e. The summed E-state index contributed by atoms with van der Waals surface area (Å²) in [6.45, 7) is 7.33. The summed E-state index contributed by atoms with van der Waals surface area (Å²) in [6.07, 6.45) is 0. The first-order chi connectivity index (χ1) is 6.70. The molecule has 1 aliphatic heterocycles. The van der Waals surface area contributed by atoms with Crippen molar-refractivity contribution in [2.24, 2.45) is 5.41 Å². The summed E-state index contributed by atoms with van der Waals surface area (Å²) in [6, 6.07) is 4.75. The Labute approximate surface area is 89.3 Å². The molecule has 14 heavy (non-hydrogen) atoms. The molecular formula is C11H17NOS. The molecule has 0 spiro atoms. The Morgan fingerprint density at radius 3 is 2.93 bits per heavy atom. The maximum atomic E-state index is 5.22. The Balaban J connectivity index is 1.80. The van der Waals surface area contributed by atoms with Crippen LogP contribution < -0.4 is 5.32 Å². The minimum absolute atomic E-state index is 0.367. The van der Waals surface area contributed by atoms with Gasteiger partial charge >= 0.3 is 0 Å². The second-order valence-corrected chi connectivity index (χ2v) is 5.40. The average molecular weight is 211 g/mol. The molecule has 2 rings (SSSR count). The first kappa shape index (κ1) is 10.1. The molecular weight excluding hydrogens is 194 g/mol. The molecule has 0 aliphatic carbocycles. The van der Waals surface area contributed by atoms with Gasteiger partial charge in [-0.2, -0.15) is 0 Å². The predicted molar refractivity (Wildman–Crippen MR) is 59.7 cm³/mol. The van der Waals surface area contributed by atoms with Crippen LogP contribution in [0.1, 0.15) is 24.8 Å². The van der Waals surface area contributed by atoms with Gasteiger partial charge in [-0.3, -0.25) is 0 Å². The third-order valence-electron chi connectivity index (χ3n) is 2.71. The molecule has 1 aromatic heterocycles. The molecule has 1 unspecified atom stereocenters. The van der Waals surface area contributed by atoms with Crippen LogP contribution in [0, 0.1) is 5.41 Å². The van der Waals surface area contributed by atoms with E-state index in [-0.39, 0.29) is 0 Å². The molecule has 1 aliphatic rings. The van der Waals surface area contributed by atoms with Crippen LogP contribution >= 0.6 is 11.3 Å². The van der Waals surface area contributed by atoms with E-state index in [9.17, 15) is 0 Å². The van der Waals surface area contributed by atoms with Gasteiger partial charge in [0.1, 0.15) is 0 Å². The first-order valence-corrected chi connectivity index (χ1v) is 5.92. The van der Waals surface area contributed by atoms with Crippen LogP contribution in [-0.2, 0) is 4.74 Å². The number of hydrogen-bond donors (Lipinski definition) is 1. The van der Waals surface area contributed by atoms with E-state index in [1.54, 1.807) is 0 Å². The summed E-state index contributed by atoms with van der Waals surface area (Å²) in [5.41, 5.74) is 0.367. The SMILES string of the molecule is CC(NCC1(C)COC1)c1cccs1. The molecule has 0 radical (unpaired) electrons. The van der Waals surface area contributed by atoms with Crippen LogP contribution in [-0.4, -0.2) is 19.8 Å². The molecule has 0 saturated carbocycles. The van der Waals surface area contributed by atoms with Crippen molar-refractivity contribution < 1.29 is 4.74 Å². The fourth-order valence-electron chi connectivity index (χ4n) is 1.59. The van der Waals surface area contributed by atoms with Gasteiger partial charge in [-0.1, -0.05) is 13.0 Å². The summed E-state index contributed by atoms with van der Waals surface area (Å²) in [5.74, 6) is 0. The van der Waals surface area contributed by atoms with Gasteiger partial charge in [-0.05, 0) is 18.4 Å². The van der Waals surface area contributed by atoms with Crippen molar-refractivity contribution in [1.29, 1.82) is 0 Å². The van der Waals surface area contributed by atoms with Crippen LogP contribution in [0.25, 0.3) is 0 Å². The lowest BCUT2D eigenvalue weighted by Crippen LogP contribution is -2.47. The molecule has 0 aromatic carbocycles. The van der Waals surface area contributed by atoms with Gasteiger partial charge in [0, 0.05) is 22.9 Å². The third-order valence-corrected chi connectivity index (χ3v) is 3.76. The lowest BCUT2D eigenvalue weighted by molar-refractivity contribution is -0.0998. The standard InChI is InChI=1S/C11H17NOS/c1-9(10-4-3-5-14-10)12-6-11(2)7-13-8-11/h3-5,9,12H,6-8H2,1-2H3. The molecule has 1 saturated heterocycles. The van der Waals surface area contributed by atoms with Crippen molar-refractivity contribution in [3.05, 3.63) is 22.4 Å². The van der Waals surface area contributed by atoms with E-state index in [1.165, 1.54) is 4.88 Å². The van der Waals surface area contributed by atoms with E-state index in [0.717, 1.165) is 19.8 Å². The lowest BCUT2D eigenvalue weighted by atomic mass is 9.88. The zero-order valence-corrected chi connectivity index (χ0v) is 9.56. The Morgan fingerprint density at radius 1 is 1.64 bits per heavy atom. The Bertz CT molecular complexity index is 279. The highest BCUT2D eigenvalue weighted by Crippen LogP contribution is 2.27. The molecule has 1 atom stereocenters. The molecule has 1 fully saturated rings. The van der Waals surface area contributed by atoms with Crippen LogP contribution in [0.15, 0.2) is 17.5 Å². The highest BCUT2D eigenvalue weighted by atomic mass is 32.1. The topological polar surface area (TPSA) is 21.3 Å². The van der Waals surface area contributed by atoms with Crippen molar-refractivity contribution in [3.63, 3.8) is 0 Å². The largest absolute Gasteiger partial charge is 0.380 e. The van der Waals surface area contributed by atoms with Crippen LogP contribution in [0.3, 0.4) is 0 Å². The summed E-state index contributed by atoms with van der Waals surface area (Å²) in [5, 5.41) is 5.68. The predicted octanol–water partition coefficient (Wildman–Crippen LogP) is 2.44. The molecule has 2 nitrogen and oxygen atoms in total. The molecule has 78 valence electrons. The number of hydrogen-bond acceptors (Lipinski definition) is 3. The second-order valence-electron chi connectivity index (χ2n) is 4.42. The summed E-state index contributed by atoms with van der Waals surface area (Å²) >= 11 is 1.81. The van der Waals surface area contributed by atoms with Crippen molar-refractivity contribution in [1.82, 2.24) is 5.32 Å². The van der Waals surface area contributed by atoms with Crippen molar-refractivity contribution in [2.75, 3.05) is 19.8 Å². The lowest BCUT2D eigenvalue weighted by Gasteiger charge is -2.38. The third kappa shape index (κ3) is 2.16. The molecule has 1 aromatic rings. The average Bonchev–Trinajstić information content (AvgIpc) is 2.63. The zero-order chi connectivity index (χ0) is 10.0. The Morgan fingerprint density at radius 2 is 2.43 bits per heavy atom. The van der Waals surface area contributed by atoms with E-state index in [1.807, 2.05) is 11.3 Å². The van der Waals surface area contributed by atoms with E-state index in [0.29, 0.717) is 11.5 Å². The van der Waals surface area contributed by atoms with E-state index in [2.05, 4.69) is 36.7 Å². The molecule has 1 N–H and O–H groups in total. The van der Waals surface area contributed by atoms with Crippen LogP contribution in [0.4, 0.5) is 0 Å². The monoisotopic (exact) mass is 211 g/mol. The van der Waals surface area contributed by atoms with Gasteiger partial charge in [0.05, 0.1) is 13.2 Å². The number of thiophene rings is 1. The molecule has 2 heterocycles. The van der Waals surface area contributed by atoms with Crippen molar-refractivity contribution >= 4 is 11.3 Å². The Hall–Kier alpha value is -0.380. The van der Waals surface area contributed by atoms with Gasteiger partial charge in [-0.15, -0.1) is 11.3 Å². The van der Waals surface area contributed by atoms with Gasteiger partial charge in [0.2, 0.25) is 0 Å². The normalized spacial score (nSPS) is 21.6. The maximum Gasteiger partial charge on any atom is 0.0554 e. The zero-order valence-electron chi connectivity index (χ0n) is 8.75. The van der Waals surface area contributed by atoms with E-state index >= 15 is 0 Å². The fourth-order valence-corrected chi connectivity index (χ4v) is 2.35. The van der Waals surface area contributed by atoms with Gasteiger partial charge < -0.3 is 10.1 Å². The number of ether oxygens (including phenoxy) is 1. The minimum atomic E-state index is 0.367. The fraction of sp³-hybridized carbons (Fsp3) is 0.636. The van der Waals surface area contributed by atoms with Crippen LogP contribution in [0.5, 0.6) is 0 Å². The quantitative estimate of drug-likeness (QED) is 0.826. The summed E-state index contributed by atoms with van der Waals surface area (Å²) < 4.78 is 5.22. The van der Waals surface area contributed by atoms with Crippen LogP contribution in [0.2, 0.25) is 0 Å². The van der Waals surface area contributed by atoms with Gasteiger partial charge in [0.15, 0.2) is 0 Å². The molecule has 0 bridgehead atoms. The van der Waals surface area contributed by atoms with Crippen molar-refractivity contribution in [2.45, 2.75) is 19.9 Å². The van der Waals surface area contributed by atoms with Crippen molar-refractivity contribution in [3.8, 4) is 0 Å². The second kappa shape index (κ2) is 4.01. The van der Waals surface area contributed by atoms with E-state index < -0.39 is 0 Å².